The average Bonchev–Trinajstić information content (AvgIpc) is 2.89. The maximum Gasteiger partial charge on any atom is 0.255 e. The molecule has 1 atom stereocenters. The van der Waals surface area contributed by atoms with Crippen LogP contribution in [0, 0.1) is 12.8 Å². The van der Waals surface area contributed by atoms with E-state index >= 15 is 0 Å². The number of benzene rings is 3. The van der Waals surface area contributed by atoms with Crippen molar-refractivity contribution in [1.82, 2.24) is 10.2 Å². The van der Waals surface area contributed by atoms with Crippen LogP contribution >= 0.6 is 0 Å². The van der Waals surface area contributed by atoms with Crippen LogP contribution in [0.5, 0.6) is 0 Å². The smallest absolute Gasteiger partial charge is 0.255 e. The van der Waals surface area contributed by atoms with Crippen LogP contribution in [0.15, 0.2) is 78.9 Å². The Labute approximate surface area is 206 Å². The molecule has 0 radical (unpaired) electrons. The zero-order valence-corrected chi connectivity index (χ0v) is 20.0. The van der Waals surface area contributed by atoms with Crippen LogP contribution < -0.4 is 10.6 Å². The Kier molecular flexibility index (Phi) is 7.93. The van der Waals surface area contributed by atoms with Gasteiger partial charge in [-0.15, -0.1) is 0 Å². The molecule has 0 aromatic heterocycles. The van der Waals surface area contributed by atoms with Crippen LogP contribution in [-0.4, -0.2) is 42.3 Å². The second kappa shape index (κ2) is 11.5. The first-order valence-corrected chi connectivity index (χ1v) is 12.1. The van der Waals surface area contributed by atoms with Gasteiger partial charge in [-0.05, 0) is 68.1 Å². The number of carbonyl (C=O) groups is 3. The molecule has 1 aliphatic heterocycles. The zero-order valence-electron chi connectivity index (χ0n) is 20.0. The summed E-state index contributed by atoms with van der Waals surface area (Å²) in [6, 6.07) is 24.3. The van der Waals surface area contributed by atoms with Gasteiger partial charge in [-0.25, -0.2) is 0 Å². The number of nitrogens with one attached hydrogen (secondary N) is 2. The predicted molar refractivity (Wildman–Crippen MR) is 137 cm³/mol. The highest BCUT2D eigenvalue weighted by Gasteiger charge is 2.28. The fourth-order valence-corrected chi connectivity index (χ4v) is 4.28. The van der Waals surface area contributed by atoms with Crippen molar-refractivity contribution >= 4 is 23.4 Å². The summed E-state index contributed by atoms with van der Waals surface area (Å²) in [5.74, 6) is -0.478. The largest absolute Gasteiger partial charge is 0.355 e. The molecule has 180 valence electrons. The lowest BCUT2D eigenvalue weighted by Gasteiger charge is -2.32. The first-order valence-electron chi connectivity index (χ1n) is 12.1. The lowest BCUT2D eigenvalue weighted by molar-refractivity contribution is -0.126. The van der Waals surface area contributed by atoms with E-state index in [2.05, 4.69) is 10.6 Å². The summed E-state index contributed by atoms with van der Waals surface area (Å²) in [7, 11) is 0. The fraction of sp³-hybridized carbons (Fsp3) is 0.276. The molecule has 3 aromatic carbocycles. The quantitative estimate of drug-likeness (QED) is 0.536. The van der Waals surface area contributed by atoms with Gasteiger partial charge >= 0.3 is 0 Å². The highest BCUT2D eigenvalue weighted by Crippen LogP contribution is 2.20. The van der Waals surface area contributed by atoms with Crippen molar-refractivity contribution in [3.8, 4) is 0 Å². The Morgan fingerprint density at radius 3 is 2.29 bits per heavy atom. The lowest BCUT2D eigenvalue weighted by atomic mass is 9.96. The minimum absolute atomic E-state index is 0.00703. The van der Waals surface area contributed by atoms with Crippen molar-refractivity contribution in [3.63, 3.8) is 0 Å². The molecule has 6 heteroatoms. The summed E-state index contributed by atoms with van der Waals surface area (Å²) < 4.78 is 0. The molecule has 3 aromatic rings. The number of hydrogen-bond donors (Lipinski definition) is 2. The van der Waals surface area contributed by atoms with E-state index in [4.69, 9.17) is 0 Å². The number of carbonyl (C=O) groups excluding carboxylic acids is 3. The fourth-order valence-electron chi connectivity index (χ4n) is 4.28. The van der Waals surface area contributed by atoms with Gasteiger partial charge < -0.3 is 15.5 Å². The van der Waals surface area contributed by atoms with E-state index in [1.807, 2.05) is 49.4 Å². The van der Waals surface area contributed by atoms with Crippen LogP contribution in [0.25, 0.3) is 0 Å². The summed E-state index contributed by atoms with van der Waals surface area (Å²) in [6.07, 6.45) is 2.37. The number of anilines is 1. The van der Waals surface area contributed by atoms with Crippen LogP contribution in [0.4, 0.5) is 5.69 Å². The Bertz CT molecular complexity index is 1160. The van der Waals surface area contributed by atoms with Crippen molar-refractivity contribution in [1.29, 1.82) is 0 Å². The van der Waals surface area contributed by atoms with Crippen LogP contribution in [0.2, 0.25) is 0 Å². The lowest BCUT2D eigenvalue weighted by Crippen LogP contribution is -2.45. The number of hydrogen-bond acceptors (Lipinski definition) is 3. The van der Waals surface area contributed by atoms with Gasteiger partial charge in [0.1, 0.15) is 0 Å². The van der Waals surface area contributed by atoms with Crippen molar-refractivity contribution in [3.05, 3.63) is 101 Å². The van der Waals surface area contributed by atoms with E-state index in [-0.39, 0.29) is 23.6 Å². The molecule has 1 fully saturated rings. The molecular weight excluding hydrogens is 438 g/mol. The third kappa shape index (κ3) is 6.57. The summed E-state index contributed by atoms with van der Waals surface area (Å²) in [5, 5.41) is 5.89. The van der Waals surface area contributed by atoms with Gasteiger partial charge in [0.05, 0.1) is 5.92 Å². The van der Waals surface area contributed by atoms with Gasteiger partial charge in [-0.3, -0.25) is 14.4 Å². The summed E-state index contributed by atoms with van der Waals surface area (Å²) >= 11 is 0. The highest BCUT2D eigenvalue weighted by molar-refractivity contribution is 6.04. The summed E-state index contributed by atoms with van der Waals surface area (Å²) in [4.78, 5) is 39.9. The normalized spacial score (nSPS) is 15.3. The minimum atomic E-state index is -0.198. The molecule has 0 spiro atoms. The van der Waals surface area contributed by atoms with Gasteiger partial charge in [0, 0.05) is 36.4 Å². The second-order valence-corrected chi connectivity index (χ2v) is 9.01. The molecule has 3 amide bonds. The predicted octanol–water partition coefficient (Wildman–Crippen LogP) is 4.46. The third-order valence-corrected chi connectivity index (χ3v) is 6.34. The number of rotatable bonds is 7. The Balaban J connectivity index is 1.29. The molecule has 1 aliphatic rings. The molecule has 0 aliphatic carbocycles. The van der Waals surface area contributed by atoms with E-state index in [0.29, 0.717) is 36.4 Å². The van der Waals surface area contributed by atoms with Gasteiger partial charge in [-0.1, -0.05) is 48.0 Å². The number of nitrogens with zero attached hydrogens (tertiary/aromatic N) is 1. The first-order chi connectivity index (χ1) is 17.0. The Morgan fingerprint density at radius 1 is 0.886 bits per heavy atom. The molecule has 0 saturated carbocycles. The van der Waals surface area contributed by atoms with Crippen LogP contribution in [0.1, 0.15) is 44.7 Å². The van der Waals surface area contributed by atoms with Gasteiger partial charge in [0.15, 0.2) is 0 Å². The maximum absolute atomic E-state index is 13.1. The molecule has 6 nitrogen and oxygen atoms in total. The van der Waals surface area contributed by atoms with E-state index < -0.39 is 0 Å². The topological polar surface area (TPSA) is 78.5 Å². The van der Waals surface area contributed by atoms with Crippen molar-refractivity contribution in [2.75, 3.05) is 25.0 Å². The molecule has 4 rings (SSSR count). The monoisotopic (exact) mass is 469 g/mol. The number of piperidine rings is 1. The van der Waals surface area contributed by atoms with Crippen molar-refractivity contribution < 1.29 is 14.4 Å². The number of likely N-dealkylation sites (tertiary alicyclic amines) is 1. The SMILES string of the molecule is Cc1ccc(C(=O)Nc2ccc(C(=O)N3CCCC(C(=O)NCCc4ccccc4)C3)cc2)cc1. The van der Waals surface area contributed by atoms with E-state index in [1.54, 1.807) is 41.3 Å². The first kappa shape index (κ1) is 24.2. The van der Waals surface area contributed by atoms with Crippen molar-refractivity contribution in [2.24, 2.45) is 5.92 Å². The summed E-state index contributed by atoms with van der Waals surface area (Å²) in [5.41, 5.74) is 4.03. The highest BCUT2D eigenvalue weighted by atomic mass is 16.2. The summed E-state index contributed by atoms with van der Waals surface area (Å²) in [6.45, 7) is 3.62. The molecular formula is C29H31N3O3. The zero-order chi connectivity index (χ0) is 24.6. The molecule has 1 saturated heterocycles. The van der Waals surface area contributed by atoms with Crippen LogP contribution in [-0.2, 0) is 11.2 Å². The number of amides is 3. The molecule has 2 N–H and O–H groups in total. The van der Waals surface area contributed by atoms with Crippen molar-refractivity contribution in [2.45, 2.75) is 26.2 Å². The van der Waals surface area contributed by atoms with Gasteiger partial charge in [0.2, 0.25) is 5.91 Å². The average molecular weight is 470 g/mol. The molecule has 1 unspecified atom stereocenters. The van der Waals surface area contributed by atoms with Crippen LogP contribution in [0.3, 0.4) is 0 Å². The van der Waals surface area contributed by atoms with E-state index in [0.717, 1.165) is 24.8 Å². The standard InChI is InChI=1S/C29H31N3O3/c1-21-9-11-23(12-10-21)28(34)31-26-15-13-24(14-16-26)29(35)32-19-5-8-25(20-32)27(33)30-18-17-22-6-3-2-4-7-22/h2-4,6-7,9-16,25H,5,8,17-20H2,1H3,(H,30,33)(H,31,34). The minimum Gasteiger partial charge on any atom is -0.355 e. The Morgan fingerprint density at radius 2 is 1.57 bits per heavy atom. The maximum atomic E-state index is 13.1. The van der Waals surface area contributed by atoms with E-state index in [1.165, 1.54) is 5.56 Å². The van der Waals surface area contributed by atoms with Gasteiger partial charge in [0.25, 0.3) is 11.8 Å². The third-order valence-electron chi connectivity index (χ3n) is 6.34. The molecule has 35 heavy (non-hydrogen) atoms. The molecule has 1 heterocycles. The van der Waals surface area contributed by atoms with Gasteiger partial charge in [-0.2, -0.15) is 0 Å². The second-order valence-electron chi connectivity index (χ2n) is 9.01. The Hall–Kier alpha value is -3.93. The van der Waals surface area contributed by atoms with E-state index in [9.17, 15) is 14.4 Å². The number of aryl methyl sites for hydroxylation is 1. The molecule has 0 bridgehead atoms.